The van der Waals surface area contributed by atoms with Crippen LogP contribution in [0.2, 0.25) is 0 Å². The van der Waals surface area contributed by atoms with Crippen LogP contribution in [0.1, 0.15) is 23.3 Å². The first-order chi connectivity index (χ1) is 12.1. The van der Waals surface area contributed by atoms with Crippen molar-refractivity contribution in [3.63, 3.8) is 0 Å². The number of aromatic nitrogens is 3. The first-order valence-electron chi connectivity index (χ1n) is 7.70. The first kappa shape index (κ1) is 16.6. The van der Waals surface area contributed by atoms with Gasteiger partial charge in [-0.25, -0.2) is 4.98 Å². The van der Waals surface area contributed by atoms with E-state index in [1.807, 2.05) is 30.3 Å². The molecule has 3 N–H and O–H groups in total. The van der Waals surface area contributed by atoms with E-state index in [-0.39, 0.29) is 18.3 Å². The fourth-order valence-corrected chi connectivity index (χ4v) is 2.34. The number of H-pyrrole nitrogens is 1. The van der Waals surface area contributed by atoms with Crippen molar-refractivity contribution in [3.8, 4) is 5.75 Å². The molecule has 1 atom stereocenters. The van der Waals surface area contributed by atoms with Gasteiger partial charge in [0.05, 0.1) is 17.0 Å². The molecule has 128 valence electrons. The fraction of sp³-hybridized carbons (Fsp3) is 0.176. The van der Waals surface area contributed by atoms with E-state index < -0.39 is 4.92 Å². The molecular weight excluding hydrogens is 322 g/mol. The summed E-state index contributed by atoms with van der Waals surface area (Å²) in [7, 11) is 0. The van der Waals surface area contributed by atoms with Crippen molar-refractivity contribution < 1.29 is 9.66 Å². The van der Waals surface area contributed by atoms with Crippen molar-refractivity contribution in [1.29, 1.82) is 0 Å². The molecule has 0 saturated carbocycles. The van der Waals surface area contributed by atoms with E-state index in [1.165, 1.54) is 12.1 Å². The van der Waals surface area contributed by atoms with Gasteiger partial charge in [-0.3, -0.25) is 15.2 Å². The number of hydrogen-bond acceptors (Lipinski definition) is 6. The van der Waals surface area contributed by atoms with Crippen molar-refractivity contribution in [1.82, 2.24) is 15.2 Å². The molecule has 3 rings (SSSR count). The Morgan fingerprint density at radius 3 is 2.76 bits per heavy atom. The van der Waals surface area contributed by atoms with E-state index in [2.05, 4.69) is 15.2 Å². The van der Waals surface area contributed by atoms with Gasteiger partial charge in [0.15, 0.2) is 11.6 Å². The highest BCUT2D eigenvalue weighted by Crippen LogP contribution is 2.20. The molecule has 0 aliphatic carbocycles. The molecule has 0 spiro atoms. The van der Waals surface area contributed by atoms with Crippen molar-refractivity contribution in [2.24, 2.45) is 5.73 Å². The van der Waals surface area contributed by atoms with Crippen LogP contribution in [-0.4, -0.2) is 20.1 Å². The van der Waals surface area contributed by atoms with E-state index in [0.717, 1.165) is 5.56 Å². The molecule has 0 unspecified atom stereocenters. The number of hydrogen-bond donors (Lipinski definition) is 2. The standard InChI is InChI=1S/C17H17N5O3/c18-15(9-12-5-2-1-3-6-12)17-19-16(20-21-17)11-25-14-8-4-7-13(10-14)22(23)24/h1-8,10,15H,9,11,18H2,(H,19,20,21)/t15-/m0/s1. The molecule has 0 saturated heterocycles. The lowest BCUT2D eigenvalue weighted by Crippen LogP contribution is -2.15. The fourth-order valence-electron chi connectivity index (χ4n) is 2.34. The molecule has 0 aliphatic heterocycles. The summed E-state index contributed by atoms with van der Waals surface area (Å²) < 4.78 is 5.52. The molecule has 1 heterocycles. The lowest BCUT2D eigenvalue weighted by molar-refractivity contribution is -0.384. The van der Waals surface area contributed by atoms with Gasteiger partial charge in [-0.2, -0.15) is 5.10 Å². The smallest absolute Gasteiger partial charge is 0.273 e. The number of nitrogens with two attached hydrogens (primary N) is 1. The minimum Gasteiger partial charge on any atom is -0.485 e. The number of benzene rings is 2. The molecule has 25 heavy (non-hydrogen) atoms. The summed E-state index contributed by atoms with van der Waals surface area (Å²) in [5, 5.41) is 17.7. The van der Waals surface area contributed by atoms with Crippen LogP contribution in [0, 0.1) is 10.1 Å². The van der Waals surface area contributed by atoms with Gasteiger partial charge in [0.1, 0.15) is 12.4 Å². The highest BCUT2D eigenvalue weighted by atomic mass is 16.6. The third kappa shape index (κ3) is 4.39. The molecular formula is C17H17N5O3. The first-order valence-corrected chi connectivity index (χ1v) is 7.70. The topological polar surface area (TPSA) is 120 Å². The zero-order valence-electron chi connectivity index (χ0n) is 13.3. The van der Waals surface area contributed by atoms with Crippen LogP contribution in [0.25, 0.3) is 0 Å². The Morgan fingerprint density at radius 1 is 1.20 bits per heavy atom. The molecule has 0 amide bonds. The van der Waals surface area contributed by atoms with Crippen molar-refractivity contribution in [3.05, 3.63) is 81.9 Å². The molecule has 8 heteroatoms. The quantitative estimate of drug-likeness (QED) is 0.504. The lowest BCUT2D eigenvalue weighted by atomic mass is 10.1. The lowest BCUT2D eigenvalue weighted by Gasteiger charge is -2.07. The van der Waals surface area contributed by atoms with E-state index in [4.69, 9.17) is 10.5 Å². The van der Waals surface area contributed by atoms with Crippen molar-refractivity contribution >= 4 is 5.69 Å². The second-order valence-electron chi connectivity index (χ2n) is 5.48. The van der Waals surface area contributed by atoms with Gasteiger partial charge in [-0.1, -0.05) is 36.4 Å². The SMILES string of the molecule is N[C@@H](Cc1ccccc1)c1n[nH]c(COc2cccc([N+](=O)[O-])c2)n1. The molecule has 0 fully saturated rings. The number of aromatic amines is 1. The maximum atomic E-state index is 10.8. The third-order valence-corrected chi connectivity index (χ3v) is 3.58. The number of nitro benzene ring substituents is 1. The van der Waals surface area contributed by atoms with Gasteiger partial charge < -0.3 is 10.5 Å². The number of nitrogens with one attached hydrogen (secondary N) is 1. The predicted molar refractivity (Wildman–Crippen MR) is 90.9 cm³/mol. The Hall–Kier alpha value is -3.26. The number of nitrogens with zero attached hydrogens (tertiary/aromatic N) is 3. The van der Waals surface area contributed by atoms with Crippen LogP contribution in [0.15, 0.2) is 54.6 Å². The molecule has 0 radical (unpaired) electrons. The second-order valence-corrected chi connectivity index (χ2v) is 5.48. The zero-order valence-corrected chi connectivity index (χ0v) is 13.3. The summed E-state index contributed by atoms with van der Waals surface area (Å²) in [4.78, 5) is 14.6. The van der Waals surface area contributed by atoms with Crippen molar-refractivity contribution in [2.45, 2.75) is 19.1 Å². The normalized spacial score (nSPS) is 11.9. The largest absolute Gasteiger partial charge is 0.485 e. The molecule has 8 nitrogen and oxygen atoms in total. The van der Waals surface area contributed by atoms with Crippen LogP contribution in [0.5, 0.6) is 5.75 Å². The van der Waals surface area contributed by atoms with Gasteiger partial charge in [0, 0.05) is 6.07 Å². The number of rotatable bonds is 7. The van der Waals surface area contributed by atoms with Crippen LogP contribution < -0.4 is 10.5 Å². The summed E-state index contributed by atoms with van der Waals surface area (Å²) in [6.07, 6.45) is 0.629. The minimum absolute atomic E-state index is 0.0272. The Bertz CT molecular complexity index is 850. The molecule has 0 aliphatic rings. The maximum Gasteiger partial charge on any atom is 0.273 e. The third-order valence-electron chi connectivity index (χ3n) is 3.58. The van der Waals surface area contributed by atoms with E-state index in [1.54, 1.807) is 12.1 Å². The molecule has 0 bridgehead atoms. The Balaban J connectivity index is 1.60. The summed E-state index contributed by atoms with van der Waals surface area (Å²) in [5.74, 6) is 1.40. The molecule has 3 aromatic rings. The summed E-state index contributed by atoms with van der Waals surface area (Å²) >= 11 is 0. The van der Waals surface area contributed by atoms with Gasteiger partial charge >= 0.3 is 0 Å². The maximum absolute atomic E-state index is 10.8. The number of ether oxygens (including phenoxy) is 1. The highest BCUT2D eigenvalue weighted by Gasteiger charge is 2.13. The average Bonchev–Trinajstić information content (AvgIpc) is 3.10. The number of nitro groups is 1. The minimum atomic E-state index is -0.470. The second kappa shape index (κ2) is 7.54. The molecule has 2 aromatic carbocycles. The Morgan fingerprint density at radius 2 is 2.00 bits per heavy atom. The van der Waals surface area contributed by atoms with E-state index in [9.17, 15) is 10.1 Å². The zero-order chi connectivity index (χ0) is 17.6. The van der Waals surface area contributed by atoms with E-state index >= 15 is 0 Å². The average molecular weight is 339 g/mol. The van der Waals surface area contributed by atoms with Gasteiger partial charge in [-0.15, -0.1) is 0 Å². The van der Waals surface area contributed by atoms with Gasteiger partial charge in [0.2, 0.25) is 0 Å². The Kier molecular flexibility index (Phi) is 5.00. The monoisotopic (exact) mass is 339 g/mol. The Labute approximate surface area is 143 Å². The predicted octanol–water partition coefficient (Wildman–Crippen LogP) is 2.53. The van der Waals surface area contributed by atoms with Crippen LogP contribution >= 0.6 is 0 Å². The molecule has 1 aromatic heterocycles. The summed E-state index contributed by atoms with van der Waals surface area (Å²) in [6.45, 7) is 0.117. The highest BCUT2D eigenvalue weighted by molar-refractivity contribution is 5.37. The summed E-state index contributed by atoms with van der Waals surface area (Å²) in [5.41, 5.74) is 7.22. The van der Waals surface area contributed by atoms with Crippen molar-refractivity contribution in [2.75, 3.05) is 0 Å². The van der Waals surface area contributed by atoms with E-state index in [0.29, 0.717) is 23.8 Å². The van der Waals surface area contributed by atoms with Gasteiger partial charge in [0.25, 0.3) is 5.69 Å². The van der Waals surface area contributed by atoms with Crippen LogP contribution in [0.4, 0.5) is 5.69 Å². The summed E-state index contributed by atoms with van der Waals surface area (Å²) in [6, 6.07) is 15.5. The van der Waals surface area contributed by atoms with Crippen LogP contribution in [0.3, 0.4) is 0 Å². The van der Waals surface area contributed by atoms with Crippen LogP contribution in [-0.2, 0) is 13.0 Å². The van der Waals surface area contributed by atoms with Gasteiger partial charge in [-0.05, 0) is 18.1 Å². The number of non-ortho nitro benzene ring substituents is 1.